The van der Waals surface area contributed by atoms with Crippen molar-refractivity contribution in [1.29, 1.82) is 0 Å². The first-order valence-corrected chi connectivity index (χ1v) is 5.56. The highest BCUT2D eigenvalue weighted by atomic mass is 16.5. The fraction of sp³-hybridized carbons (Fsp3) is 0.333. The van der Waals surface area contributed by atoms with Crippen molar-refractivity contribution in [3.63, 3.8) is 0 Å². The minimum atomic E-state index is -0.231. The molecule has 3 rings (SSSR count). The maximum absolute atomic E-state index is 11.3. The van der Waals surface area contributed by atoms with Gasteiger partial charge in [-0.15, -0.1) is 0 Å². The summed E-state index contributed by atoms with van der Waals surface area (Å²) in [6, 6.07) is 8.00. The summed E-state index contributed by atoms with van der Waals surface area (Å²) in [6.45, 7) is 1.94. The maximum atomic E-state index is 11.3. The summed E-state index contributed by atoms with van der Waals surface area (Å²) in [5.41, 5.74) is 2.09. The van der Waals surface area contributed by atoms with E-state index in [2.05, 4.69) is 14.3 Å². The third kappa shape index (κ3) is 1.54. The molecule has 1 aromatic heterocycles. The lowest BCUT2D eigenvalue weighted by molar-refractivity contribution is -0.138. The van der Waals surface area contributed by atoms with E-state index in [0.717, 1.165) is 30.1 Å². The average molecular weight is 231 g/mol. The van der Waals surface area contributed by atoms with Crippen LogP contribution >= 0.6 is 0 Å². The molecule has 88 valence electrons. The van der Waals surface area contributed by atoms with Crippen molar-refractivity contribution in [2.75, 3.05) is 25.1 Å². The monoisotopic (exact) mass is 231 g/mol. The Bertz CT molecular complexity index is 576. The number of para-hydroxylation sites is 2. The number of carbonyl (C=O) groups excluding carboxylic acids is 1. The van der Waals surface area contributed by atoms with Crippen LogP contribution in [0.1, 0.15) is 0 Å². The Morgan fingerprint density at radius 1 is 1.41 bits per heavy atom. The summed E-state index contributed by atoms with van der Waals surface area (Å²) in [5, 5.41) is 0. The number of nitrogens with zero attached hydrogens (tertiary/aromatic N) is 3. The summed E-state index contributed by atoms with van der Waals surface area (Å²) in [4.78, 5) is 17.8. The number of fused-ring (bicyclic) bond motifs is 3. The van der Waals surface area contributed by atoms with Crippen LogP contribution in [0.15, 0.2) is 24.3 Å². The quantitative estimate of drug-likeness (QED) is 0.724. The van der Waals surface area contributed by atoms with Crippen molar-refractivity contribution < 1.29 is 9.53 Å². The average Bonchev–Trinajstić information content (AvgIpc) is 2.89. The van der Waals surface area contributed by atoms with Gasteiger partial charge in [0.05, 0.1) is 18.1 Å². The number of esters is 1. The highest BCUT2D eigenvalue weighted by molar-refractivity contribution is 5.81. The smallest absolute Gasteiger partial charge is 0.325 e. The van der Waals surface area contributed by atoms with Gasteiger partial charge in [0.15, 0.2) is 0 Å². The Morgan fingerprint density at radius 2 is 2.24 bits per heavy atom. The molecule has 0 fully saturated rings. The molecule has 0 unspecified atom stereocenters. The fourth-order valence-electron chi connectivity index (χ4n) is 2.22. The number of ether oxygens (including phenoxy) is 1. The van der Waals surface area contributed by atoms with Gasteiger partial charge in [0, 0.05) is 13.1 Å². The second-order valence-corrected chi connectivity index (χ2v) is 4.05. The zero-order chi connectivity index (χ0) is 11.8. The van der Waals surface area contributed by atoms with Crippen LogP contribution in [-0.4, -0.2) is 35.7 Å². The number of carbonyl (C=O) groups is 1. The van der Waals surface area contributed by atoms with E-state index in [1.54, 1.807) is 0 Å². The summed E-state index contributed by atoms with van der Waals surface area (Å²) in [7, 11) is 1.40. The minimum absolute atomic E-state index is 0.231. The summed E-state index contributed by atoms with van der Waals surface area (Å²) in [5.74, 6) is 0.627. The van der Waals surface area contributed by atoms with Gasteiger partial charge in [-0.3, -0.25) is 4.79 Å². The van der Waals surface area contributed by atoms with E-state index in [1.807, 2.05) is 29.2 Å². The lowest BCUT2D eigenvalue weighted by atomic mass is 10.3. The van der Waals surface area contributed by atoms with Crippen molar-refractivity contribution >= 4 is 23.0 Å². The molecule has 2 heterocycles. The van der Waals surface area contributed by atoms with Crippen molar-refractivity contribution in [3.05, 3.63) is 24.3 Å². The number of hydrogen-bond acceptors (Lipinski definition) is 4. The fourth-order valence-corrected chi connectivity index (χ4v) is 2.22. The topological polar surface area (TPSA) is 47.4 Å². The number of rotatable bonds is 2. The van der Waals surface area contributed by atoms with Crippen molar-refractivity contribution in [2.45, 2.75) is 6.54 Å². The Morgan fingerprint density at radius 3 is 3.06 bits per heavy atom. The van der Waals surface area contributed by atoms with E-state index in [4.69, 9.17) is 0 Å². The van der Waals surface area contributed by atoms with Crippen LogP contribution in [0.5, 0.6) is 0 Å². The second-order valence-electron chi connectivity index (χ2n) is 4.05. The highest BCUT2D eigenvalue weighted by Crippen LogP contribution is 2.26. The molecule has 0 radical (unpaired) electrons. The molecule has 0 N–H and O–H groups in total. The number of imidazole rings is 1. The third-order valence-corrected chi connectivity index (χ3v) is 3.06. The van der Waals surface area contributed by atoms with Crippen LogP contribution in [0, 0.1) is 0 Å². The Hall–Kier alpha value is -2.04. The standard InChI is InChI=1S/C12H13N3O2/c1-17-11(16)8-14-6-7-15-10-5-3-2-4-9(10)13-12(14)15/h2-5H,6-8H2,1H3. The molecule has 0 aliphatic carbocycles. The van der Waals surface area contributed by atoms with Gasteiger partial charge in [0.25, 0.3) is 0 Å². The van der Waals surface area contributed by atoms with Crippen molar-refractivity contribution in [2.24, 2.45) is 0 Å². The number of anilines is 1. The molecular formula is C12H13N3O2. The summed E-state index contributed by atoms with van der Waals surface area (Å²) >= 11 is 0. The maximum Gasteiger partial charge on any atom is 0.325 e. The largest absolute Gasteiger partial charge is 0.468 e. The van der Waals surface area contributed by atoms with Crippen LogP contribution in [0.25, 0.3) is 11.0 Å². The first-order chi connectivity index (χ1) is 8.29. The molecule has 1 aromatic carbocycles. The first-order valence-electron chi connectivity index (χ1n) is 5.56. The molecule has 0 saturated heterocycles. The van der Waals surface area contributed by atoms with Crippen molar-refractivity contribution in [1.82, 2.24) is 9.55 Å². The van der Waals surface area contributed by atoms with E-state index in [1.165, 1.54) is 7.11 Å². The van der Waals surface area contributed by atoms with Crippen LogP contribution in [-0.2, 0) is 16.1 Å². The summed E-state index contributed by atoms with van der Waals surface area (Å²) < 4.78 is 6.82. The predicted molar refractivity (Wildman–Crippen MR) is 64.0 cm³/mol. The third-order valence-electron chi connectivity index (χ3n) is 3.06. The molecule has 5 nitrogen and oxygen atoms in total. The zero-order valence-corrected chi connectivity index (χ0v) is 9.59. The van der Waals surface area contributed by atoms with E-state index < -0.39 is 0 Å². The molecule has 0 bridgehead atoms. The lowest BCUT2D eigenvalue weighted by Crippen LogP contribution is -2.29. The first kappa shape index (κ1) is 10.1. The van der Waals surface area contributed by atoms with Gasteiger partial charge >= 0.3 is 5.97 Å². The van der Waals surface area contributed by atoms with Crippen molar-refractivity contribution in [3.8, 4) is 0 Å². The molecule has 1 aliphatic rings. The highest BCUT2D eigenvalue weighted by Gasteiger charge is 2.24. The van der Waals surface area contributed by atoms with Gasteiger partial charge in [-0.05, 0) is 12.1 Å². The Balaban J connectivity index is 1.99. The molecule has 0 atom stereocenters. The number of hydrogen-bond donors (Lipinski definition) is 0. The Labute approximate surface area is 98.6 Å². The molecule has 17 heavy (non-hydrogen) atoms. The van der Waals surface area contributed by atoms with E-state index in [9.17, 15) is 4.79 Å². The van der Waals surface area contributed by atoms with E-state index >= 15 is 0 Å². The molecule has 2 aromatic rings. The van der Waals surface area contributed by atoms with Crippen LogP contribution in [0.2, 0.25) is 0 Å². The van der Waals surface area contributed by atoms with Gasteiger partial charge in [-0.25, -0.2) is 4.98 Å². The predicted octanol–water partition coefficient (Wildman–Crippen LogP) is 1.03. The summed E-state index contributed by atoms with van der Waals surface area (Å²) in [6.07, 6.45) is 0. The zero-order valence-electron chi connectivity index (χ0n) is 9.59. The number of aromatic nitrogens is 2. The van der Waals surface area contributed by atoms with Gasteiger partial charge in [0.2, 0.25) is 5.95 Å². The lowest BCUT2D eigenvalue weighted by Gasteiger charge is -2.13. The minimum Gasteiger partial charge on any atom is -0.468 e. The van der Waals surface area contributed by atoms with Gasteiger partial charge < -0.3 is 14.2 Å². The van der Waals surface area contributed by atoms with Gasteiger partial charge in [0.1, 0.15) is 6.54 Å². The molecule has 0 saturated carbocycles. The number of methoxy groups -OCH3 is 1. The molecular weight excluding hydrogens is 218 g/mol. The van der Waals surface area contributed by atoms with E-state index in [-0.39, 0.29) is 12.5 Å². The molecule has 0 spiro atoms. The van der Waals surface area contributed by atoms with E-state index in [0.29, 0.717) is 0 Å². The van der Waals surface area contributed by atoms with Crippen LogP contribution in [0.3, 0.4) is 0 Å². The van der Waals surface area contributed by atoms with Crippen LogP contribution in [0.4, 0.5) is 5.95 Å². The second kappa shape index (κ2) is 3.76. The molecule has 5 heteroatoms. The molecule has 1 aliphatic heterocycles. The normalized spacial score (nSPS) is 14.1. The molecule has 0 amide bonds. The SMILES string of the molecule is COC(=O)CN1CCn2c1nc1ccccc12. The Kier molecular flexibility index (Phi) is 2.24. The van der Waals surface area contributed by atoms with Gasteiger partial charge in [-0.2, -0.15) is 0 Å². The number of benzene rings is 1. The van der Waals surface area contributed by atoms with Crippen LogP contribution < -0.4 is 4.90 Å². The van der Waals surface area contributed by atoms with Gasteiger partial charge in [-0.1, -0.05) is 12.1 Å².